The third-order valence-corrected chi connectivity index (χ3v) is 3.15. The van der Waals surface area contributed by atoms with Crippen LogP contribution in [0.3, 0.4) is 0 Å². The summed E-state index contributed by atoms with van der Waals surface area (Å²) in [5, 5.41) is 9.55. The van der Waals surface area contributed by atoms with Crippen molar-refractivity contribution < 1.29 is 5.11 Å². The third kappa shape index (κ3) is 2.36. The largest absolute Gasteiger partial charge is 0.380 e. The normalized spacial score (nSPS) is 26.7. The van der Waals surface area contributed by atoms with Crippen molar-refractivity contribution in [2.45, 2.75) is 23.4 Å². The van der Waals surface area contributed by atoms with E-state index in [9.17, 15) is 5.11 Å². The van der Waals surface area contributed by atoms with Gasteiger partial charge in [-0.05, 0) is 42.0 Å². The highest BCUT2D eigenvalue weighted by atomic mass is 127. The zero-order valence-electron chi connectivity index (χ0n) is 6.31. The molecule has 1 heterocycles. The molecular weight excluding hydrogens is 241 g/mol. The second kappa shape index (κ2) is 3.36. The van der Waals surface area contributed by atoms with Gasteiger partial charge in [0.25, 0.3) is 0 Å². The molecule has 0 aromatic carbocycles. The van der Waals surface area contributed by atoms with Crippen LogP contribution in [0.25, 0.3) is 0 Å². The van der Waals surface area contributed by atoms with Gasteiger partial charge in [0.1, 0.15) is 3.61 Å². The molecule has 1 fully saturated rings. The van der Waals surface area contributed by atoms with Crippen molar-refractivity contribution >= 4 is 22.6 Å². The van der Waals surface area contributed by atoms with E-state index in [1.54, 1.807) is 0 Å². The Morgan fingerprint density at radius 2 is 2.00 bits per heavy atom. The Morgan fingerprint density at radius 3 is 2.40 bits per heavy atom. The van der Waals surface area contributed by atoms with E-state index in [1.165, 1.54) is 0 Å². The topological polar surface area (TPSA) is 23.5 Å². The number of aliphatic hydroxyl groups is 1. The van der Waals surface area contributed by atoms with Gasteiger partial charge in [-0.3, -0.25) is 0 Å². The van der Waals surface area contributed by atoms with Gasteiger partial charge in [-0.25, -0.2) is 0 Å². The highest BCUT2D eigenvalue weighted by Gasteiger charge is 2.27. The van der Waals surface area contributed by atoms with Crippen molar-refractivity contribution in [3.8, 4) is 0 Å². The number of nitrogens with zero attached hydrogens (tertiary/aromatic N) is 1. The Bertz CT molecular complexity index is 106. The van der Waals surface area contributed by atoms with Crippen LogP contribution >= 0.6 is 22.6 Å². The number of piperidine rings is 1. The van der Waals surface area contributed by atoms with Gasteiger partial charge in [-0.2, -0.15) is 0 Å². The molecule has 1 N–H and O–H groups in total. The van der Waals surface area contributed by atoms with Crippen LogP contribution in [0.5, 0.6) is 0 Å². The first-order valence-corrected chi connectivity index (χ1v) is 4.85. The predicted octanol–water partition coefficient (Wildman–Crippen LogP) is 1.23. The quantitative estimate of drug-likeness (QED) is 0.562. The smallest absolute Gasteiger partial charge is 0.118 e. The van der Waals surface area contributed by atoms with Gasteiger partial charge in [0.15, 0.2) is 0 Å². The van der Waals surface area contributed by atoms with E-state index < -0.39 is 3.61 Å². The Kier molecular flexibility index (Phi) is 2.94. The van der Waals surface area contributed by atoms with Crippen molar-refractivity contribution in [1.29, 1.82) is 0 Å². The summed E-state index contributed by atoms with van der Waals surface area (Å²) < 4.78 is -0.413. The van der Waals surface area contributed by atoms with Crippen LogP contribution in [-0.4, -0.2) is 33.2 Å². The molecule has 2 nitrogen and oxygen atoms in total. The third-order valence-electron chi connectivity index (χ3n) is 2.07. The Balaban J connectivity index is 2.31. The second-order valence-corrected chi connectivity index (χ2v) is 4.86. The summed E-state index contributed by atoms with van der Waals surface area (Å²) in [4.78, 5) is 2.37. The van der Waals surface area contributed by atoms with Crippen LogP contribution in [-0.2, 0) is 0 Å². The maximum Gasteiger partial charge on any atom is 0.118 e. The van der Waals surface area contributed by atoms with Crippen molar-refractivity contribution in [2.24, 2.45) is 0 Å². The molecule has 60 valence electrons. The lowest BCUT2D eigenvalue weighted by molar-refractivity contribution is 0.0712. The fraction of sp³-hybridized carbons (Fsp3) is 1.00. The first-order valence-electron chi connectivity index (χ1n) is 3.78. The maximum atomic E-state index is 9.55. The minimum Gasteiger partial charge on any atom is -0.380 e. The lowest BCUT2D eigenvalue weighted by Crippen LogP contribution is -2.40. The van der Waals surface area contributed by atoms with Crippen molar-refractivity contribution in [1.82, 2.24) is 4.90 Å². The van der Waals surface area contributed by atoms with E-state index in [-0.39, 0.29) is 0 Å². The zero-order valence-corrected chi connectivity index (χ0v) is 8.47. The molecule has 0 atom stereocenters. The summed E-state index contributed by atoms with van der Waals surface area (Å²) in [7, 11) is 0. The Labute approximate surface area is 75.7 Å². The molecule has 0 bridgehead atoms. The van der Waals surface area contributed by atoms with Crippen LogP contribution in [0.1, 0.15) is 19.8 Å². The predicted molar refractivity (Wildman–Crippen MR) is 50.3 cm³/mol. The molecular formula is C7H14INO. The molecule has 1 aliphatic rings. The molecule has 0 unspecified atom stereocenters. The van der Waals surface area contributed by atoms with Gasteiger partial charge in [-0.15, -0.1) is 0 Å². The number of hydrogen-bond donors (Lipinski definition) is 1. The van der Waals surface area contributed by atoms with E-state index in [4.69, 9.17) is 0 Å². The van der Waals surface area contributed by atoms with Crippen LogP contribution in [0, 0.1) is 0 Å². The summed E-state index contributed by atoms with van der Waals surface area (Å²) in [6, 6.07) is 0. The average Bonchev–Trinajstić information content (AvgIpc) is 1.88. The molecule has 1 rings (SSSR count). The molecule has 0 amide bonds. The fourth-order valence-electron chi connectivity index (χ4n) is 1.21. The van der Waals surface area contributed by atoms with Gasteiger partial charge in [-0.1, -0.05) is 6.92 Å². The van der Waals surface area contributed by atoms with E-state index in [2.05, 4.69) is 34.4 Å². The molecule has 0 spiro atoms. The van der Waals surface area contributed by atoms with Gasteiger partial charge in [0, 0.05) is 13.1 Å². The second-order valence-electron chi connectivity index (χ2n) is 2.85. The molecule has 1 saturated heterocycles. The number of hydrogen-bond acceptors (Lipinski definition) is 2. The molecule has 0 saturated carbocycles. The number of rotatable bonds is 1. The highest BCUT2D eigenvalue weighted by molar-refractivity contribution is 14.1. The first kappa shape index (κ1) is 8.74. The monoisotopic (exact) mass is 255 g/mol. The van der Waals surface area contributed by atoms with Crippen LogP contribution in [0.15, 0.2) is 0 Å². The summed E-state index contributed by atoms with van der Waals surface area (Å²) in [5.74, 6) is 0. The average molecular weight is 255 g/mol. The lowest BCUT2D eigenvalue weighted by atomic mass is 10.1. The molecule has 0 aromatic rings. The first-order chi connectivity index (χ1) is 4.64. The minimum absolute atomic E-state index is 0.413. The summed E-state index contributed by atoms with van der Waals surface area (Å²) in [5.41, 5.74) is 0. The van der Waals surface area contributed by atoms with E-state index >= 15 is 0 Å². The molecule has 1 aliphatic heterocycles. The number of alkyl halides is 1. The van der Waals surface area contributed by atoms with Crippen molar-refractivity contribution in [3.05, 3.63) is 0 Å². The van der Waals surface area contributed by atoms with E-state index in [1.807, 2.05) is 0 Å². The minimum atomic E-state index is -0.413. The van der Waals surface area contributed by atoms with Crippen molar-refractivity contribution in [3.63, 3.8) is 0 Å². The van der Waals surface area contributed by atoms with E-state index in [0.717, 1.165) is 32.5 Å². The molecule has 0 radical (unpaired) electrons. The Morgan fingerprint density at radius 1 is 1.50 bits per heavy atom. The number of likely N-dealkylation sites (tertiary alicyclic amines) is 1. The molecule has 3 heteroatoms. The molecule has 10 heavy (non-hydrogen) atoms. The van der Waals surface area contributed by atoms with Crippen LogP contribution in [0.2, 0.25) is 0 Å². The summed E-state index contributed by atoms with van der Waals surface area (Å²) in [6.07, 6.45) is 1.84. The standard InChI is InChI=1S/C7H14INO/c1-2-9-5-3-7(8,10)4-6-9/h10H,2-6H2,1H3. The van der Waals surface area contributed by atoms with Gasteiger partial charge in [0.05, 0.1) is 0 Å². The van der Waals surface area contributed by atoms with Gasteiger partial charge < -0.3 is 10.0 Å². The fourth-order valence-corrected chi connectivity index (χ4v) is 1.69. The molecule has 0 aliphatic carbocycles. The van der Waals surface area contributed by atoms with E-state index in [0.29, 0.717) is 0 Å². The van der Waals surface area contributed by atoms with Crippen molar-refractivity contribution in [2.75, 3.05) is 19.6 Å². The van der Waals surface area contributed by atoms with Crippen LogP contribution in [0.4, 0.5) is 0 Å². The lowest BCUT2D eigenvalue weighted by Gasteiger charge is -2.33. The zero-order chi connectivity index (χ0) is 7.61. The Hall–Kier alpha value is 0.650. The van der Waals surface area contributed by atoms with Crippen LogP contribution < -0.4 is 0 Å². The van der Waals surface area contributed by atoms with Gasteiger partial charge in [0.2, 0.25) is 0 Å². The summed E-state index contributed by atoms with van der Waals surface area (Å²) in [6.45, 7) is 5.39. The maximum absolute atomic E-state index is 9.55. The summed E-state index contributed by atoms with van der Waals surface area (Å²) >= 11 is 2.15. The SMILES string of the molecule is CCN1CCC(O)(I)CC1. The molecule has 0 aromatic heterocycles. The highest BCUT2D eigenvalue weighted by Crippen LogP contribution is 2.28. The number of halogens is 1. The van der Waals surface area contributed by atoms with Gasteiger partial charge >= 0.3 is 0 Å².